The van der Waals surface area contributed by atoms with E-state index in [-0.39, 0.29) is 16.9 Å². The Balaban J connectivity index is 1.64. The minimum absolute atomic E-state index is 0.0677. The van der Waals surface area contributed by atoms with E-state index >= 15 is 0 Å². The first-order chi connectivity index (χ1) is 15.0. The Bertz CT molecular complexity index is 871. The van der Waals surface area contributed by atoms with Crippen LogP contribution in [-0.2, 0) is 14.8 Å². The largest absolute Gasteiger partial charge is 0.376 e. The fraction of sp³-hybridized carbons (Fsp3) is 0.696. The highest BCUT2D eigenvalue weighted by Gasteiger charge is 2.31. The van der Waals surface area contributed by atoms with Gasteiger partial charge in [-0.25, -0.2) is 8.42 Å². The molecular weight excluding hydrogens is 414 g/mol. The molecule has 3 aliphatic heterocycles. The van der Waals surface area contributed by atoms with Crippen LogP contribution in [0.5, 0.6) is 0 Å². The number of carbonyl (C=O) groups is 1. The smallest absolute Gasteiger partial charge is 0.253 e. The van der Waals surface area contributed by atoms with Crippen molar-refractivity contribution in [3.8, 4) is 0 Å². The fourth-order valence-corrected chi connectivity index (χ4v) is 6.65. The number of anilines is 1. The van der Waals surface area contributed by atoms with Crippen LogP contribution < -0.4 is 4.90 Å². The summed E-state index contributed by atoms with van der Waals surface area (Å²) in [5.41, 5.74) is 1.17. The molecule has 8 heteroatoms. The molecule has 0 aliphatic carbocycles. The van der Waals surface area contributed by atoms with Gasteiger partial charge in [-0.15, -0.1) is 0 Å². The summed E-state index contributed by atoms with van der Waals surface area (Å²) >= 11 is 0. The van der Waals surface area contributed by atoms with Gasteiger partial charge in [-0.3, -0.25) is 4.79 Å². The number of likely N-dealkylation sites (N-methyl/N-ethyl adjacent to an activating group) is 1. The highest BCUT2D eigenvalue weighted by molar-refractivity contribution is 7.89. The third-order valence-electron chi connectivity index (χ3n) is 6.68. The molecule has 4 rings (SSSR count). The van der Waals surface area contributed by atoms with E-state index in [1.165, 1.54) is 6.42 Å². The predicted molar refractivity (Wildman–Crippen MR) is 121 cm³/mol. The Labute approximate surface area is 186 Å². The molecule has 3 fully saturated rings. The molecule has 1 amide bonds. The molecule has 172 valence electrons. The zero-order chi connectivity index (χ0) is 21.8. The minimum Gasteiger partial charge on any atom is -0.376 e. The molecule has 0 spiro atoms. The number of hydrogen-bond donors (Lipinski definition) is 0. The zero-order valence-electron chi connectivity index (χ0n) is 18.6. The Morgan fingerprint density at radius 3 is 2.35 bits per heavy atom. The number of ether oxygens (including phenoxy) is 1. The molecule has 0 bridgehead atoms. The van der Waals surface area contributed by atoms with Gasteiger partial charge < -0.3 is 14.5 Å². The van der Waals surface area contributed by atoms with Gasteiger partial charge in [-0.2, -0.15) is 4.31 Å². The number of piperidine rings is 2. The number of sulfonamides is 1. The summed E-state index contributed by atoms with van der Waals surface area (Å²) in [5.74, 6) is -0.157. The maximum Gasteiger partial charge on any atom is 0.253 e. The molecule has 7 nitrogen and oxygen atoms in total. The van der Waals surface area contributed by atoms with E-state index < -0.39 is 10.0 Å². The molecule has 3 heterocycles. The van der Waals surface area contributed by atoms with Crippen LogP contribution in [0.15, 0.2) is 23.1 Å². The second-order valence-corrected chi connectivity index (χ2v) is 10.9. The average molecular weight is 450 g/mol. The standard InChI is InChI=1S/C23H35N3O4S/c1-24(18-20-9-8-16-30-20)23(27)19-10-11-21(25-12-4-2-5-13-25)22(17-19)31(28,29)26-14-6-3-7-15-26/h10-11,17,20H,2-9,12-16,18H2,1H3. The van der Waals surface area contributed by atoms with E-state index in [0.29, 0.717) is 25.2 Å². The van der Waals surface area contributed by atoms with Gasteiger partial charge in [-0.05, 0) is 63.1 Å². The molecule has 0 aromatic heterocycles. The Kier molecular flexibility index (Phi) is 7.19. The van der Waals surface area contributed by atoms with E-state index in [2.05, 4.69) is 4.90 Å². The molecule has 31 heavy (non-hydrogen) atoms. The van der Waals surface area contributed by atoms with Crippen molar-refractivity contribution in [1.29, 1.82) is 0 Å². The van der Waals surface area contributed by atoms with Crippen LogP contribution in [0.4, 0.5) is 5.69 Å². The number of hydrogen-bond acceptors (Lipinski definition) is 5. The number of rotatable bonds is 6. The molecule has 1 aromatic rings. The molecule has 3 saturated heterocycles. The summed E-state index contributed by atoms with van der Waals surface area (Å²) < 4.78 is 34.5. The van der Waals surface area contributed by atoms with Crippen LogP contribution in [0, 0.1) is 0 Å². The Morgan fingerprint density at radius 1 is 1.03 bits per heavy atom. The lowest BCUT2D eigenvalue weighted by Crippen LogP contribution is -2.38. The van der Waals surface area contributed by atoms with Gasteiger partial charge >= 0.3 is 0 Å². The third kappa shape index (κ3) is 5.07. The van der Waals surface area contributed by atoms with Crippen molar-refractivity contribution in [2.75, 3.05) is 51.3 Å². The number of nitrogens with zero attached hydrogens (tertiary/aromatic N) is 3. The van der Waals surface area contributed by atoms with Gasteiger partial charge in [0.15, 0.2) is 0 Å². The maximum absolute atomic E-state index is 13.6. The average Bonchev–Trinajstić information content (AvgIpc) is 3.32. The third-order valence-corrected chi connectivity index (χ3v) is 8.61. The normalized spacial score (nSPS) is 23.1. The van der Waals surface area contributed by atoms with Crippen molar-refractivity contribution >= 4 is 21.6 Å². The van der Waals surface area contributed by atoms with Crippen LogP contribution in [0.1, 0.15) is 61.7 Å². The molecule has 0 N–H and O–H groups in total. The van der Waals surface area contributed by atoms with Crippen molar-refractivity contribution in [2.45, 2.75) is 62.4 Å². The second kappa shape index (κ2) is 9.88. The van der Waals surface area contributed by atoms with Gasteiger partial charge in [-0.1, -0.05) is 6.42 Å². The van der Waals surface area contributed by atoms with Crippen LogP contribution in [0.3, 0.4) is 0 Å². The highest BCUT2D eigenvalue weighted by atomic mass is 32.2. The van der Waals surface area contributed by atoms with Crippen molar-refractivity contribution in [3.63, 3.8) is 0 Å². The van der Waals surface area contributed by atoms with Crippen LogP contribution >= 0.6 is 0 Å². The second-order valence-electron chi connectivity index (χ2n) is 9.02. The van der Waals surface area contributed by atoms with Crippen molar-refractivity contribution in [1.82, 2.24) is 9.21 Å². The fourth-order valence-electron chi connectivity index (χ4n) is 4.89. The van der Waals surface area contributed by atoms with Gasteiger partial charge in [0.1, 0.15) is 4.90 Å². The number of carbonyl (C=O) groups excluding carboxylic acids is 1. The molecule has 1 aromatic carbocycles. The van der Waals surface area contributed by atoms with Gasteiger partial charge in [0, 0.05) is 51.9 Å². The van der Waals surface area contributed by atoms with E-state index in [1.807, 2.05) is 6.07 Å². The first kappa shape index (κ1) is 22.6. The summed E-state index contributed by atoms with van der Waals surface area (Å²) in [7, 11) is -1.88. The minimum atomic E-state index is -3.65. The quantitative estimate of drug-likeness (QED) is 0.667. The van der Waals surface area contributed by atoms with E-state index in [1.54, 1.807) is 28.4 Å². The monoisotopic (exact) mass is 449 g/mol. The van der Waals surface area contributed by atoms with E-state index in [0.717, 1.165) is 70.3 Å². The number of benzene rings is 1. The van der Waals surface area contributed by atoms with Gasteiger partial charge in [0.05, 0.1) is 11.8 Å². The van der Waals surface area contributed by atoms with E-state index in [4.69, 9.17) is 4.74 Å². The maximum atomic E-state index is 13.6. The lowest BCUT2D eigenvalue weighted by Gasteiger charge is -2.33. The molecular formula is C23H35N3O4S. The first-order valence-electron chi connectivity index (χ1n) is 11.7. The molecule has 1 unspecified atom stereocenters. The Morgan fingerprint density at radius 2 is 1.71 bits per heavy atom. The lowest BCUT2D eigenvalue weighted by molar-refractivity contribution is 0.0587. The first-order valence-corrected chi connectivity index (χ1v) is 13.2. The van der Waals surface area contributed by atoms with Gasteiger partial charge in [0.25, 0.3) is 5.91 Å². The predicted octanol–water partition coefficient (Wildman–Crippen LogP) is 3.10. The summed E-state index contributed by atoms with van der Waals surface area (Å²) in [6, 6.07) is 5.24. The molecule has 3 aliphatic rings. The van der Waals surface area contributed by atoms with Gasteiger partial charge in [0.2, 0.25) is 10.0 Å². The number of amides is 1. The molecule has 0 saturated carbocycles. The zero-order valence-corrected chi connectivity index (χ0v) is 19.4. The Hall–Kier alpha value is -1.64. The van der Waals surface area contributed by atoms with Crippen LogP contribution in [0.2, 0.25) is 0 Å². The SMILES string of the molecule is CN(CC1CCCO1)C(=O)c1ccc(N2CCCCC2)c(S(=O)(=O)N2CCCCC2)c1. The highest BCUT2D eigenvalue weighted by Crippen LogP contribution is 2.32. The summed E-state index contributed by atoms with van der Waals surface area (Å²) in [4.78, 5) is 17.2. The lowest BCUT2D eigenvalue weighted by atomic mass is 10.1. The van der Waals surface area contributed by atoms with Crippen LogP contribution in [-0.4, -0.2) is 76.0 Å². The molecule has 0 radical (unpaired) electrons. The van der Waals surface area contributed by atoms with E-state index in [9.17, 15) is 13.2 Å². The molecule has 1 atom stereocenters. The summed E-state index contributed by atoms with van der Waals surface area (Å²) in [6.45, 7) is 4.09. The van der Waals surface area contributed by atoms with Crippen molar-refractivity contribution in [3.05, 3.63) is 23.8 Å². The van der Waals surface area contributed by atoms with Crippen molar-refractivity contribution in [2.24, 2.45) is 0 Å². The summed E-state index contributed by atoms with van der Waals surface area (Å²) in [6.07, 6.45) is 8.20. The summed E-state index contributed by atoms with van der Waals surface area (Å²) in [5, 5.41) is 0. The van der Waals surface area contributed by atoms with Crippen LogP contribution in [0.25, 0.3) is 0 Å². The topological polar surface area (TPSA) is 70.2 Å². The van der Waals surface area contributed by atoms with Crippen molar-refractivity contribution < 1.29 is 17.9 Å².